The largest absolute Gasteiger partial charge is 0.504 e. The summed E-state index contributed by atoms with van der Waals surface area (Å²) >= 11 is 1.41. The van der Waals surface area contributed by atoms with E-state index in [0.29, 0.717) is 16.8 Å². The van der Waals surface area contributed by atoms with E-state index >= 15 is 0 Å². The fourth-order valence-corrected chi connectivity index (χ4v) is 2.86. The molecule has 0 unspecified atom stereocenters. The minimum Gasteiger partial charge on any atom is -0.504 e. The number of phenolic OH excluding ortho intramolecular Hbond substituents is 1. The Balaban J connectivity index is 1.51. The maximum atomic E-state index is 11.8. The number of nitrogens with zero attached hydrogens (tertiary/aromatic N) is 2. The summed E-state index contributed by atoms with van der Waals surface area (Å²) in [6.07, 6.45) is 2.31. The van der Waals surface area contributed by atoms with Gasteiger partial charge in [0, 0.05) is 12.5 Å². The van der Waals surface area contributed by atoms with Crippen molar-refractivity contribution in [1.82, 2.24) is 15.5 Å². The summed E-state index contributed by atoms with van der Waals surface area (Å²) in [6, 6.07) is 4.62. The molecular formula is C14H16N4O3S. The lowest BCUT2D eigenvalue weighted by molar-refractivity contribution is 0.251. The van der Waals surface area contributed by atoms with Crippen LogP contribution in [0.2, 0.25) is 0 Å². The summed E-state index contributed by atoms with van der Waals surface area (Å²) in [5.41, 5.74) is 0.768. The summed E-state index contributed by atoms with van der Waals surface area (Å²) in [5.74, 6) is 0.966. The van der Waals surface area contributed by atoms with E-state index in [2.05, 4.69) is 20.8 Å². The number of urea groups is 1. The molecule has 1 aliphatic rings. The van der Waals surface area contributed by atoms with Crippen molar-refractivity contribution in [3.8, 4) is 11.5 Å². The number of hydrogen-bond donors (Lipinski definition) is 3. The number of benzene rings is 1. The van der Waals surface area contributed by atoms with Crippen molar-refractivity contribution < 1.29 is 14.6 Å². The van der Waals surface area contributed by atoms with Crippen LogP contribution in [0, 0.1) is 0 Å². The van der Waals surface area contributed by atoms with Gasteiger partial charge in [-0.15, -0.1) is 10.2 Å². The Morgan fingerprint density at radius 3 is 2.95 bits per heavy atom. The number of ether oxygens (including phenoxy) is 1. The minimum absolute atomic E-state index is 0.0420. The van der Waals surface area contributed by atoms with Crippen LogP contribution in [0.15, 0.2) is 18.2 Å². The number of methoxy groups -OCH3 is 1. The minimum atomic E-state index is -0.353. The number of amides is 2. The van der Waals surface area contributed by atoms with Gasteiger partial charge in [0.1, 0.15) is 5.01 Å². The van der Waals surface area contributed by atoms with Gasteiger partial charge in [-0.1, -0.05) is 17.4 Å². The number of nitrogens with one attached hydrogen (secondary N) is 2. The van der Waals surface area contributed by atoms with Crippen LogP contribution < -0.4 is 15.4 Å². The molecule has 22 heavy (non-hydrogen) atoms. The Hall–Kier alpha value is -2.35. The zero-order chi connectivity index (χ0) is 15.5. The summed E-state index contributed by atoms with van der Waals surface area (Å²) in [5, 5.41) is 24.5. The first kappa shape index (κ1) is 14.6. The molecule has 3 N–H and O–H groups in total. The fraction of sp³-hybridized carbons (Fsp3) is 0.357. The van der Waals surface area contributed by atoms with Crippen LogP contribution in [-0.4, -0.2) is 28.4 Å². The Morgan fingerprint density at radius 2 is 2.27 bits per heavy atom. The molecule has 1 fully saturated rings. The molecule has 2 aromatic rings. The third-order valence-corrected chi connectivity index (χ3v) is 4.29. The quantitative estimate of drug-likeness (QED) is 0.786. The highest BCUT2D eigenvalue weighted by Gasteiger charge is 2.27. The van der Waals surface area contributed by atoms with Gasteiger partial charge in [-0.2, -0.15) is 0 Å². The normalized spacial score (nSPS) is 13.7. The zero-order valence-corrected chi connectivity index (χ0v) is 12.8. The van der Waals surface area contributed by atoms with Gasteiger partial charge in [0.05, 0.1) is 7.11 Å². The Labute approximate surface area is 131 Å². The van der Waals surface area contributed by atoms with Crippen molar-refractivity contribution in [2.45, 2.75) is 25.3 Å². The molecule has 1 heterocycles. The number of anilines is 1. The first-order valence-corrected chi connectivity index (χ1v) is 7.71. The van der Waals surface area contributed by atoms with Crippen LogP contribution in [0.1, 0.15) is 29.3 Å². The number of phenols is 1. The van der Waals surface area contributed by atoms with Gasteiger partial charge in [-0.25, -0.2) is 4.79 Å². The Bertz CT molecular complexity index is 684. The summed E-state index contributed by atoms with van der Waals surface area (Å²) in [7, 11) is 1.48. The molecule has 0 bridgehead atoms. The van der Waals surface area contributed by atoms with E-state index in [0.717, 1.165) is 23.4 Å². The average Bonchev–Trinajstić information content (AvgIpc) is 3.26. The van der Waals surface area contributed by atoms with Gasteiger partial charge in [0.2, 0.25) is 5.13 Å². The smallest absolute Gasteiger partial charge is 0.321 e. The molecule has 8 heteroatoms. The predicted molar refractivity (Wildman–Crippen MR) is 82.4 cm³/mol. The Kier molecular flexibility index (Phi) is 4.10. The van der Waals surface area contributed by atoms with Gasteiger partial charge in [0.25, 0.3) is 0 Å². The van der Waals surface area contributed by atoms with Crippen molar-refractivity contribution in [3.05, 3.63) is 28.8 Å². The summed E-state index contributed by atoms with van der Waals surface area (Å²) < 4.78 is 4.97. The van der Waals surface area contributed by atoms with Crippen molar-refractivity contribution in [3.63, 3.8) is 0 Å². The third kappa shape index (κ3) is 3.45. The van der Waals surface area contributed by atoms with Gasteiger partial charge in [-0.3, -0.25) is 5.32 Å². The first-order valence-electron chi connectivity index (χ1n) is 6.90. The maximum absolute atomic E-state index is 11.8. The van der Waals surface area contributed by atoms with Crippen LogP contribution in [-0.2, 0) is 6.54 Å². The van der Waals surface area contributed by atoms with Crippen molar-refractivity contribution in [2.24, 2.45) is 0 Å². The molecule has 1 aliphatic carbocycles. The van der Waals surface area contributed by atoms with E-state index in [4.69, 9.17) is 4.74 Å². The maximum Gasteiger partial charge on any atom is 0.321 e. The molecular weight excluding hydrogens is 304 g/mol. The van der Waals surface area contributed by atoms with Crippen molar-refractivity contribution in [1.29, 1.82) is 0 Å². The number of carbonyl (C=O) groups is 1. The highest BCUT2D eigenvalue weighted by Crippen LogP contribution is 2.42. The van der Waals surface area contributed by atoms with E-state index in [1.165, 1.54) is 18.4 Å². The predicted octanol–water partition coefficient (Wildman–Crippen LogP) is 2.45. The summed E-state index contributed by atoms with van der Waals surface area (Å²) in [4.78, 5) is 11.8. The monoisotopic (exact) mass is 320 g/mol. The molecule has 0 saturated heterocycles. The van der Waals surface area contributed by atoms with Crippen molar-refractivity contribution in [2.75, 3.05) is 12.4 Å². The van der Waals surface area contributed by atoms with Crippen LogP contribution in [0.25, 0.3) is 0 Å². The summed E-state index contributed by atoms with van der Waals surface area (Å²) in [6.45, 7) is 0.289. The second kappa shape index (κ2) is 6.18. The molecule has 3 rings (SSSR count). The molecule has 1 saturated carbocycles. The number of rotatable bonds is 5. The van der Waals surface area contributed by atoms with E-state index < -0.39 is 0 Å². The van der Waals surface area contributed by atoms with Gasteiger partial charge < -0.3 is 15.2 Å². The number of aromatic hydroxyl groups is 1. The molecule has 116 valence electrons. The van der Waals surface area contributed by atoms with E-state index in [-0.39, 0.29) is 18.3 Å². The van der Waals surface area contributed by atoms with E-state index in [9.17, 15) is 9.90 Å². The topological polar surface area (TPSA) is 96.4 Å². The molecule has 0 atom stereocenters. The second-order valence-corrected chi connectivity index (χ2v) is 6.04. The molecule has 2 amide bonds. The van der Waals surface area contributed by atoms with Gasteiger partial charge in [0.15, 0.2) is 11.5 Å². The van der Waals surface area contributed by atoms with Crippen LogP contribution >= 0.6 is 11.3 Å². The SMILES string of the molecule is COc1ccc(CNC(=O)Nc2nnc(C3CC3)s2)cc1O. The fourth-order valence-electron chi connectivity index (χ4n) is 1.95. The molecule has 1 aromatic carbocycles. The highest BCUT2D eigenvalue weighted by atomic mass is 32.1. The number of aromatic nitrogens is 2. The molecule has 0 radical (unpaired) electrons. The molecule has 1 aromatic heterocycles. The zero-order valence-electron chi connectivity index (χ0n) is 12.0. The lowest BCUT2D eigenvalue weighted by Crippen LogP contribution is -2.28. The average molecular weight is 320 g/mol. The van der Waals surface area contributed by atoms with Crippen molar-refractivity contribution >= 4 is 22.5 Å². The first-order chi connectivity index (χ1) is 10.7. The van der Waals surface area contributed by atoms with E-state index in [1.54, 1.807) is 18.2 Å². The third-order valence-electron chi connectivity index (χ3n) is 3.28. The lowest BCUT2D eigenvalue weighted by atomic mass is 10.2. The molecule has 7 nitrogen and oxygen atoms in total. The highest BCUT2D eigenvalue weighted by molar-refractivity contribution is 7.15. The second-order valence-electron chi connectivity index (χ2n) is 5.03. The van der Waals surface area contributed by atoms with E-state index in [1.807, 2.05) is 0 Å². The molecule has 0 spiro atoms. The number of hydrogen-bond acceptors (Lipinski definition) is 6. The standard InChI is InChI=1S/C14H16N4O3S/c1-21-11-5-2-8(6-10(11)19)7-15-13(20)16-14-18-17-12(22-14)9-3-4-9/h2,5-6,9,19H,3-4,7H2,1H3,(H2,15,16,18,20). The number of carbonyl (C=O) groups excluding carboxylic acids is 1. The van der Waals surface area contributed by atoms with Gasteiger partial charge in [-0.05, 0) is 30.5 Å². The lowest BCUT2D eigenvalue weighted by Gasteiger charge is -2.07. The van der Waals surface area contributed by atoms with Crippen LogP contribution in [0.3, 0.4) is 0 Å². The van der Waals surface area contributed by atoms with Crippen LogP contribution in [0.4, 0.5) is 9.93 Å². The molecule has 0 aliphatic heterocycles. The van der Waals surface area contributed by atoms with Gasteiger partial charge >= 0.3 is 6.03 Å². The Morgan fingerprint density at radius 1 is 1.45 bits per heavy atom. The van der Waals surface area contributed by atoms with Crippen LogP contribution in [0.5, 0.6) is 11.5 Å².